The number of hydrogen-bond donors (Lipinski definition) is 1. The van der Waals surface area contributed by atoms with Crippen LogP contribution >= 0.6 is 0 Å². The monoisotopic (exact) mass is 396 g/mol. The zero-order valence-corrected chi connectivity index (χ0v) is 16.4. The van der Waals surface area contributed by atoms with E-state index in [-0.39, 0.29) is 11.9 Å². The summed E-state index contributed by atoms with van der Waals surface area (Å²) in [4.78, 5) is 12.7. The molecule has 1 atom stereocenters. The number of hydrogen-bond acceptors (Lipinski definition) is 4. The molecule has 148 valence electrons. The topological polar surface area (TPSA) is 73.0 Å². The fourth-order valence-corrected chi connectivity index (χ4v) is 3.54. The summed E-state index contributed by atoms with van der Waals surface area (Å²) in [6.07, 6.45) is 0. The molecule has 0 unspecified atom stereocenters. The van der Waals surface area contributed by atoms with Crippen LogP contribution < -0.4 is 5.32 Å². The lowest BCUT2D eigenvalue weighted by Gasteiger charge is -2.12. The van der Waals surface area contributed by atoms with E-state index >= 15 is 0 Å². The van der Waals surface area contributed by atoms with Crippen LogP contribution in [0.15, 0.2) is 83.3 Å². The third-order valence-corrected chi connectivity index (χ3v) is 5.19. The first-order chi connectivity index (χ1) is 14.7. The number of nitrogens with one attached hydrogen (secondary N) is 1. The predicted molar refractivity (Wildman–Crippen MR) is 115 cm³/mol. The molecule has 0 saturated carbocycles. The molecule has 1 N–H and O–H groups in total. The summed E-state index contributed by atoms with van der Waals surface area (Å²) in [6.45, 7) is 2.51. The second-order valence-corrected chi connectivity index (χ2v) is 7.31. The van der Waals surface area contributed by atoms with Crippen molar-refractivity contribution in [2.45, 2.75) is 19.5 Å². The highest BCUT2D eigenvalue weighted by molar-refractivity contribution is 5.94. The maximum Gasteiger partial charge on any atom is 0.251 e. The van der Waals surface area contributed by atoms with Crippen molar-refractivity contribution in [2.75, 3.05) is 0 Å². The van der Waals surface area contributed by atoms with Gasteiger partial charge in [-0.05, 0) is 48.9 Å². The molecular formula is C24H20N4O2. The van der Waals surface area contributed by atoms with Gasteiger partial charge < -0.3 is 9.73 Å². The Bertz CT molecular complexity index is 1300. The van der Waals surface area contributed by atoms with Gasteiger partial charge in [0.15, 0.2) is 0 Å². The van der Waals surface area contributed by atoms with Crippen LogP contribution in [0.5, 0.6) is 0 Å². The predicted octanol–water partition coefficient (Wildman–Crippen LogP) is 4.72. The fourth-order valence-electron chi connectivity index (χ4n) is 3.54. The van der Waals surface area contributed by atoms with Crippen LogP contribution in [0.2, 0.25) is 0 Å². The molecule has 5 rings (SSSR count). The van der Waals surface area contributed by atoms with Crippen molar-refractivity contribution < 1.29 is 9.21 Å². The van der Waals surface area contributed by atoms with E-state index < -0.39 is 0 Å². The molecule has 0 radical (unpaired) electrons. The smallest absolute Gasteiger partial charge is 0.251 e. The number of amides is 1. The van der Waals surface area contributed by atoms with Gasteiger partial charge in [0, 0.05) is 10.9 Å². The number of carbonyl (C=O) groups is 1. The molecule has 0 aliphatic heterocycles. The van der Waals surface area contributed by atoms with Crippen LogP contribution in [0.3, 0.4) is 0 Å². The fraction of sp³-hybridized carbons (Fsp3) is 0.125. The van der Waals surface area contributed by atoms with Gasteiger partial charge in [0.2, 0.25) is 0 Å². The molecule has 0 fully saturated rings. The summed E-state index contributed by atoms with van der Waals surface area (Å²) in [6, 6.07) is 24.9. The number of furan rings is 1. The first-order valence-corrected chi connectivity index (χ1v) is 9.84. The second kappa shape index (κ2) is 7.48. The van der Waals surface area contributed by atoms with Crippen molar-refractivity contribution in [2.24, 2.45) is 0 Å². The minimum atomic E-state index is -0.230. The van der Waals surface area contributed by atoms with Crippen molar-refractivity contribution in [3.8, 4) is 0 Å². The number of para-hydroxylation sites is 2. The van der Waals surface area contributed by atoms with Crippen molar-refractivity contribution in [1.82, 2.24) is 20.3 Å². The summed E-state index contributed by atoms with van der Waals surface area (Å²) in [5, 5.41) is 12.4. The number of benzene rings is 3. The summed E-state index contributed by atoms with van der Waals surface area (Å²) < 4.78 is 7.70. The molecule has 2 aromatic heterocycles. The Balaban J connectivity index is 1.28. The first-order valence-electron chi connectivity index (χ1n) is 9.84. The third-order valence-electron chi connectivity index (χ3n) is 5.19. The first kappa shape index (κ1) is 18.1. The Kier molecular flexibility index (Phi) is 4.52. The van der Waals surface area contributed by atoms with E-state index in [1.54, 1.807) is 0 Å². The Morgan fingerprint density at radius 2 is 1.80 bits per heavy atom. The number of carbonyl (C=O) groups excluding carboxylic acids is 1. The average molecular weight is 396 g/mol. The van der Waals surface area contributed by atoms with Crippen LogP contribution in [0, 0.1) is 0 Å². The van der Waals surface area contributed by atoms with Gasteiger partial charge in [0.05, 0.1) is 18.1 Å². The van der Waals surface area contributed by atoms with Gasteiger partial charge in [-0.3, -0.25) is 4.79 Å². The molecule has 0 spiro atoms. The van der Waals surface area contributed by atoms with E-state index in [4.69, 9.17) is 4.42 Å². The van der Waals surface area contributed by atoms with E-state index in [0.29, 0.717) is 12.1 Å². The Morgan fingerprint density at radius 1 is 1.03 bits per heavy atom. The molecule has 6 nitrogen and oxygen atoms in total. The molecule has 0 aliphatic carbocycles. The molecule has 2 heterocycles. The molecular weight excluding hydrogens is 376 g/mol. The van der Waals surface area contributed by atoms with Crippen molar-refractivity contribution in [3.63, 3.8) is 0 Å². The van der Waals surface area contributed by atoms with Crippen LogP contribution in [-0.4, -0.2) is 20.9 Å². The van der Waals surface area contributed by atoms with Crippen LogP contribution in [0.1, 0.15) is 34.6 Å². The molecule has 0 bridgehead atoms. The van der Waals surface area contributed by atoms with Gasteiger partial charge in [0.25, 0.3) is 5.91 Å². The second-order valence-electron chi connectivity index (χ2n) is 7.31. The molecule has 5 aromatic rings. The van der Waals surface area contributed by atoms with Crippen LogP contribution in [0.4, 0.5) is 0 Å². The standard InChI is InChI=1S/C24H20N4O2/c1-16(23-14-19-6-2-5-9-22(19)30-23)25-24(29)18-12-10-17(11-13-18)15-28-21-8-4-3-7-20(21)26-27-28/h2-14,16H,15H2,1H3,(H,25,29)/t16-/m1/s1. The molecule has 3 aromatic carbocycles. The zero-order chi connectivity index (χ0) is 20.5. The summed E-state index contributed by atoms with van der Waals surface area (Å²) >= 11 is 0. The highest BCUT2D eigenvalue weighted by Gasteiger charge is 2.15. The lowest BCUT2D eigenvalue weighted by molar-refractivity contribution is 0.0935. The van der Waals surface area contributed by atoms with Gasteiger partial charge in [-0.25, -0.2) is 4.68 Å². The number of nitrogens with zero attached hydrogens (tertiary/aromatic N) is 3. The maximum absolute atomic E-state index is 12.7. The van der Waals surface area contributed by atoms with Crippen LogP contribution in [0.25, 0.3) is 22.0 Å². The molecule has 0 aliphatic rings. The average Bonchev–Trinajstić information content (AvgIpc) is 3.39. The van der Waals surface area contributed by atoms with Gasteiger partial charge in [0.1, 0.15) is 16.9 Å². The maximum atomic E-state index is 12.7. The third kappa shape index (κ3) is 3.43. The van der Waals surface area contributed by atoms with E-state index in [1.807, 2.05) is 90.5 Å². The molecule has 0 saturated heterocycles. The van der Waals surface area contributed by atoms with E-state index in [2.05, 4.69) is 15.6 Å². The van der Waals surface area contributed by atoms with Crippen molar-refractivity contribution in [3.05, 3.63) is 95.7 Å². The normalized spacial score (nSPS) is 12.3. The highest BCUT2D eigenvalue weighted by atomic mass is 16.3. The Morgan fingerprint density at radius 3 is 2.63 bits per heavy atom. The molecule has 6 heteroatoms. The minimum absolute atomic E-state index is 0.138. The van der Waals surface area contributed by atoms with Crippen molar-refractivity contribution in [1.29, 1.82) is 0 Å². The van der Waals surface area contributed by atoms with Gasteiger partial charge in [-0.2, -0.15) is 0 Å². The number of fused-ring (bicyclic) bond motifs is 2. The molecule has 1 amide bonds. The van der Waals surface area contributed by atoms with Crippen LogP contribution in [-0.2, 0) is 6.54 Å². The zero-order valence-electron chi connectivity index (χ0n) is 16.4. The van der Waals surface area contributed by atoms with Gasteiger partial charge in [-0.1, -0.05) is 47.7 Å². The van der Waals surface area contributed by atoms with E-state index in [1.165, 1.54) is 0 Å². The number of aromatic nitrogens is 3. The van der Waals surface area contributed by atoms with E-state index in [9.17, 15) is 4.79 Å². The SMILES string of the molecule is C[C@@H](NC(=O)c1ccc(Cn2nnc3ccccc32)cc1)c1cc2ccccc2o1. The highest BCUT2D eigenvalue weighted by Crippen LogP contribution is 2.24. The summed E-state index contributed by atoms with van der Waals surface area (Å²) in [7, 11) is 0. The largest absolute Gasteiger partial charge is 0.459 e. The lowest BCUT2D eigenvalue weighted by Crippen LogP contribution is -2.26. The van der Waals surface area contributed by atoms with Crippen molar-refractivity contribution >= 4 is 27.9 Å². The summed E-state index contributed by atoms with van der Waals surface area (Å²) in [5.74, 6) is 0.597. The van der Waals surface area contributed by atoms with Gasteiger partial charge >= 0.3 is 0 Å². The van der Waals surface area contributed by atoms with E-state index in [0.717, 1.165) is 33.3 Å². The summed E-state index contributed by atoms with van der Waals surface area (Å²) in [5.41, 5.74) is 4.32. The molecule has 30 heavy (non-hydrogen) atoms. The lowest BCUT2D eigenvalue weighted by atomic mass is 10.1. The Hall–Kier alpha value is -3.93. The Labute approximate surface area is 173 Å². The van der Waals surface area contributed by atoms with Gasteiger partial charge in [-0.15, -0.1) is 5.10 Å². The quantitative estimate of drug-likeness (QED) is 0.467. The minimum Gasteiger partial charge on any atom is -0.459 e. The number of rotatable bonds is 5.